The molecule has 0 saturated heterocycles. The molecule has 2 N–H and O–H groups in total. The number of carbonyl (C=O) groups excluding carboxylic acids is 1. The number of likely N-dealkylation sites (N-methyl/N-ethyl adjacent to an activating group) is 1. The molecule has 1 amide bonds. The first-order valence-electron chi connectivity index (χ1n) is 5.54. The summed E-state index contributed by atoms with van der Waals surface area (Å²) in [5, 5.41) is 0. The van der Waals surface area contributed by atoms with Crippen LogP contribution in [0.4, 0.5) is 5.69 Å². The van der Waals surface area contributed by atoms with E-state index in [9.17, 15) is 4.79 Å². The lowest BCUT2D eigenvalue weighted by Crippen LogP contribution is -2.34. The first-order valence-corrected chi connectivity index (χ1v) is 6.34. The predicted octanol–water partition coefficient (Wildman–Crippen LogP) is 2.28. The molecule has 0 heterocycles. The van der Waals surface area contributed by atoms with Gasteiger partial charge in [-0.1, -0.05) is 6.07 Å². The molecule has 0 bridgehead atoms. The van der Waals surface area contributed by atoms with E-state index < -0.39 is 0 Å². The maximum absolute atomic E-state index is 11.7. The number of nitrogens with zero attached hydrogens (tertiary/aromatic N) is 1. The van der Waals surface area contributed by atoms with Crippen molar-refractivity contribution in [3.8, 4) is 5.75 Å². The Labute approximate surface area is 110 Å². The van der Waals surface area contributed by atoms with Crippen LogP contribution in [0.15, 0.2) is 22.7 Å². The lowest BCUT2D eigenvalue weighted by molar-refractivity contribution is -0.132. The van der Waals surface area contributed by atoms with Gasteiger partial charge in [0, 0.05) is 13.1 Å². The van der Waals surface area contributed by atoms with E-state index in [-0.39, 0.29) is 12.5 Å². The average molecular weight is 301 g/mol. The second kappa shape index (κ2) is 6.49. The highest BCUT2D eigenvalue weighted by molar-refractivity contribution is 9.10. The Kier molecular flexibility index (Phi) is 5.28. The fraction of sp³-hybridized carbons (Fsp3) is 0.417. The summed E-state index contributed by atoms with van der Waals surface area (Å²) in [5.41, 5.74) is 6.29. The van der Waals surface area contributed by atoms with E-state index in [0.29, 0.717) is 24.5 Å². The highest BCUT2D eigenvalue weighted by Crippen LogP contribution is 2.30. The fourth-order valence-corrected chi connectivity index (χ4v) is 1.98. The Morgan fingerprint density at radius 3 is 2.59 bits per heavy atom. The molecule has 0 aliphatic rings. The van der Waals surface area contributed by atoms with Crippen molar-refractivity contribution in [2.45, 2.75) is 13.8 Å². The minimum absolute atomic E-state index is 0.00843. The van der Waals surface area contributed by atoms with Gasteiger partial charge in [0.15, 0.2) is 12.4 Å². The molecule has 0 spiro atoms. The van der Waals surface area contributed by atoms with Crippen molar-refractivity contribution in [3.63, 3.8) is 0 Å². The van der Waals surface area contributed by atoms with E-state index >= 15 is 0 Å². The Morgan fingerprint density at radius 1 is 1.41 bits per heavy atom. The molecule has 0 saturated carbocycles. The summed E-state index contributed by atoms with van der Waals surface area (Å²) in [4.78, 5) is 13.5. The van der Waals surface area contributed by atoms with Gasteiger partial charge in [-0.15, -0.1) is 0 Å². The Balaban J connectivity index is 2.64. The number of rotatable bonds is 5. The number of ether oxygens (including phenoxy) is 1. The number of hydrogen-bond acceptors (Lipinski definition) is 3. The first kappa shape index (κ1) is 13.8. The third-order valence-corrected chi connectivity index (χ3v) is 3.08. The van der Waals surface area contributed by atoms with Gasteiger partial charge in [0.05, 0.1) is 10.2 Å². The second-order valence-electron chi connectivity index (χ2n) is 3.51. The molecule has 1 aromatic carbocycles. The lowest BCUT2D eigenvalue weighted by Gasteiger charge is -2.19. The highest BCUT2D eigenvalue weighted by atomic mass is 79.9. The van der Waals surface area contributed by atoms with Crippen molar-refractivity contribution in [1.29, 1.82) is 0 Å². The van der Waals surface area contributed by atoms with Crippen LogP contribution in [0.1, 0.15) is 13.8 Å². The van der Waals surface area contributed by atoms with Crippen LogP contribution in [0, 0.1) is 0 Å². The molecule has 1 rings (SSSR count). The van der Waals surface area contributed by atoms with Gasteiger partial charge in [-0.05, 0) is 41.9 Å². The summed E-state index contributed by atoms with van der Waals surface area (Å²) < 4.78 is 6.21. The first-order chi connectivity index (χ1) is 8.10. The van der Waals surface area contributed by atoms with E-state index in [0.717, 1.165) is 4.47 Å². The van der Waals surface area contributed by atoms with E-state index in [1.54, 1.807) is 11.0 Å². The van der Waals surface area contributed by atoms with Crippen LogP contribution in [0.2, 0.25) is 0 Å². The number of halogens is 1. The predicted molar refractivity (Wildman–Crippen MR) is 72.0 cm³/mol. The van der Waals surface area contributed by atoms with Crippen molar-refractivity contribution in [1.82, 2.24) is 4.90 Å². The van der Waals surface area contributed by atoms with Gasteiger partial charge in [-0.2, -0.15) is 0 Å². The topological polar surface area (TPSA) is 55.6 Å². The third kappa shape index (κ3) is 3.63. The fourth-order valence-electron chi connectivity index (χ4n) is 1.48. The van der Waals surface area contributed by atoms with Crippen molar-refractivity contribution < 1.29 is 9.53 Å². The van der Waals surface area contributed by atoms with Crippen LogP contribution in [-0.4, -0.2) is 30.5 Å². The van der Waals surface area contributed by atoms with Crippen LogP contribution in [0.3, 0.4) is 0 Å². The second-order valence-corrected chi connectivity index (χ2v) is 4.37. The number of hydrogen-bond donors (Lipinski definition) is 1. The van der Waals surface area contributed by atoms with E-state index in [2.05, 4.69) is 15.9 Å². The average Bonchev–Trinajstić information content (AvgIpc) is 2.30. The minimum Gasteiger partial charge on any atom is -0.480 e. The Bertz CT molecular complexity index is 372. The summed E-state index contributed by atoms with van der Waals surface area (Å²) >= 11 is 3.34. The minimum atomic E-state index is -0.0369. The summed E-state index contributed by atoms with van der Waals surface area (Å²) in [7, 11) is 0. The maximum atomic E-state index is 11.7. The van der Waals surface area contributed by atoms with Crippen LogP contribution in [0.25, 0.3) is 0 Å². The zero-order chi connectivity index (χ0) is 12.8. The van der Waals surface area contributed by atoms with Gasteiger partial charge in [-0.25, -0.2) is 0 Å². The number of para-hydroxylation sites is 1. The number of benzene rings is 1. The van der Waals surface area contributed by atoms with Gasteiger partial charge in [0.1, 0.15) is 0 Å². The van der Waals surface area contributed by atoms with Gasteiger partial charge in [0.25, 0.3) is 5.91 Å². The Morgan fingerprint density at radius 2 is 2.06 bits per heavy atom. The number of amides is 1. The van der Waals surface area contributed by atoms with Crippen molar-refractivity contribution in [3.05, 3.63) is 22.7 Å². The Hall–Kier alpha value is -1.23. The van der Waals surface area contributed by atoms with Gasteiger partial charge < -0.3 is 15.4 Å². The van der Waals surface area contributed by atoms with Gasteiger partial charge in [-0.3, -0.25) is 4.79 Å². The van der Waals surface area contributed by atoms with Crippen LogP contribution >= 0.6 is 15.9 Å². The molecule has 17 heavy (non-hydrogen) atoms. The smallest absolute Gasteiger partial charge is 0.260 e. The summed E-state index contributed by atoms with van der Waals surface area (Å²) in [6.45, 7) is 5.26. The maximum Gasteiger partial charge on any atom is 0.260 e. The number of nitrogen functional groups attached to an aromatic ring is 1. The zero-order valence-electron chi connectivity index (χ0n) is 10.1. The molecule has 0 aromatic heterocycles. The normalized spacial score (nSPS) is 10.1. The number of carbonyl (C=O) groups is 1. The van der Waals surface area contributed by atoms with Crippen LogP contribution in [-0.2, 0) is 4.79 Å². The standard InChI is InChI=1S/C12H17BrN2O2/c1-3-15(4-2)11(16)8-17-12-9(13)6-5-7-10(12)14/h5-7H,3-4,8,14H2,1-2H3. The molecular weight excluding hydrogens is 284 g/mol. The van der Waals surface area contributed by atoms with Crippen molar-refractivity contribution in [2.75, 3.05) is 25.4 Å². The highest BCUT2D eigenvalue weighted by Gasteiger charge is 2.12. The monoisotopic (exact) mass is 300 g/mol. The van der Waals surface area contributed by atoms with Crippen molar-refractivity contribution in [2.24, 2.45) is 0 Å². The van der Waals surface area contributed by atoms with Crippen LogP contribution in [0.5, 0.6) is 5.75 Å². The molecule has 1 aromatic rings. The van der Waals surface area contributed by atoms with Gasteiger partial charge in [0.2, 0.25) is 0 Å². The van der Waals surface area contributed by atoms with Crippen molar-refractivity contribution >= 4 is 27.5 Å². The van der Waals surface area contributed by atoms with Crippen LogP contribution < -0.4 is 10.5 Å². The molecule has 0 aliphatic heterocycles. The largest absolute Gasteiger partial charge is 0.480 e. The molecule has 94 valence electrons. The van der Waals surface area contributed by atoms with E-state index in [1.807, 2.05) is 26.0 Å². The van der Waals surface area contributed by atoms with E-state index in [4.69, 9.17) is 10.5 Å². The lowest BCUT2D eigenvalue weighted by atomic mass is 10.3. The zero-order valence-corrected chi connectivity index (χ0v) is 11.7. The number of anilines is 1. The molecule has 4 nitrogen and oxygen atoms in total. The number of nitrogens with two attached hydrogens (primary N) is 1. The molecule has 0 atom stereocenters. The molecule has 0 unspecified atom stereocenters. The third-order valence-electron chi connectivity index (χ3n) is 2.45. The molecule has 0 fully saturated rings. The summed E-state index contributed by atoms with van der Waals surface area (Å²) in [6, 6.07) is 5.38. The molecule has 5 heteroatoms. The summed E-state index contributed by atoms with van der Waals surface area (Å²) in [5.74, 6) is 0.484. The molecule has 0 radical (unpaired) electrons. The molecular formula is C12H17BrN2O2. The quantitative estimate of drug-likeness (QED) is 0.849. The molecule has 0 aliphatic carbocycles. The summed E-state index contributed by atoms with van der Waals surface area (Å²) in [6.07, 6.45) is 0. The van der Waals surface area contributed by atoms with E-state index in [1.165, 1.54) is 0 Å². The van der Waals surface area contributed by atoms with Gasteiger partial charge >= 0.3 is 0 Å². The SMILES string of the molecule is CCN(CC)C(=O)COc1c(N)cccc1Br.